The quantitative estimate of drug-likeness (QED) is 0.727. The fraction of sp³-hybridized carbons (Fsp3) is 0.133. The molecule has 0 saturated heterocycles. The second-order valence-corrected chi connectivity index (χ2v) is 4.33. The van der Waals surface area contributed by atoms with Crippen LogP contribution in [0.2, 0.25) is 0 Å². The summed E-state index contributed by atoms with van der Waals surface area (Å²) in [5.74, 6) is -1.59. The number of pyridine rings is 1. The molecular formula is C15H15N3O3. The van der Waals surface area contributed by atoms with Crippen molar-refractivity contribution in [3.05, 3.63) is 60.4 Å². The lowest BCUT2D eigenvalue weighted by atomic mass is 10.1. The van der Waals surface area contributed by atoms with E-state index < -0.39 is 17.9 Å². The van der Waals surface area contributed by atoms with Crippen LogP contribution in [-0.4, -0.2) is 28.4 Å². The molecule has 0 fully saturated rings. The first-order chi connectivity index (χ1) is 10.2. The molecule has 3 N–H and O–H groups in total. The number of nitrogens with one attached hydrogen (secondary N) is 2. The van der Waals surface area contributed by atoms with Crippen LogP contribution in [-0.2, 0) is 9.59 Å². The van der Waals surface area contributed by atoms with Crippen molar-refractivity contribution in [1.82, 2.24) is 10.3 Å². The SMILES string of the molecule is O=C(NC[C@@H](O)c1ccccc1)C(=O)Nc1ccncc1. The van der Waals surface area contributed by atoms with Crippen molar-refractivity contribution in [3.63, 3.8) is 0 Å². The van der Waals surface area contributed by atoms with Gasteiger partial charge in [0.05, 0.1) is 6.10 Å². The number of hydrogen-bond donors (Lipinski definition) is 3. The molecule has 0 radical (unpaired) electrons. The second-order valence-electron chi connectivity index (χ2n) is 4.33. The number of benzene rings is 1. The average molecular weight is 285 g/mol. The standard InChI is InChI=1S/C15H15N3O3/c19-13(11-4-2-1-3-5-11)10-17-14(20)15(21)18-12-6-8-16-9-7-12/h1-9,13,19H,10H2,(H,17,20)(H,16,18,21)/t13-/m1/s1. The van der Waals surface area contributed by atoms with E-state index in [-0.39, 0.29) is 6.54 Å². The summed E-state index contributed by atoms with van der Waals surface area (Å²) in [7, 11) is 0. The number of aliphatic hydroxyl groups excluding tert-OH is 1. The first kappa shape index (κ1) is 14.7. The minimum absolute atomic E-state index is 0.0351. The smallest absolute Gasteiger partial charge is 0.313 e. The third kappa shape index (κ3) is 4.39. The van der Waals surface area contributed by atoms with E-state index in [1.54, 1.807) is 36.4 Å². The molecule has 0 spiro atoms. The zero-order valence-corrected chi connectivity index (χ0v) is 11.2. The summed E-state index contributed by atoms with van der Waals surface area (Å²) in [4.78, 5) is 27.1. The fourth-order valence-electron chi connectivity index (χ4n) is 1.69. The Bertz CT molecular complexity index is 602. The number of aliphatic hydroxyl groups is 1. The van der Waals surface area contributed by atoms with E-state index in [1.807, 2.05) is 6.07 Å². The number of rotatable bonds is 4. The van der Waals surface area contributed by atoms with Crippen LogP contribution >= 0.6 is 0 Å². The molecule has 6 nitrogen and oxygen atoms in total. The molecule has 0 aliphatic rings. The molecule has 1 aromatic carbocycles. The number of carbonyl (C=O) groups excluding carboxylic acids is 2. The van der Waals surface area contributed by atoms with E-state index in [4.69, 9.17) is 0 Å². The largest absolute Gasteiger partial charge is 0.387 e. The van der Waals surface area contributed by atoms with Crippen LogP contribution < -0.4 is 10.6 Å². The Morgan fingerprint density at radius 3 is 2.38 bits per heavy atom. The molecule has 1 atom stereocenters. The Balaban J connectivity index is 1.83. The average Bonchev–Trinajstić information content (AvgIpc) is 2.54. The second kappa shape index (κ2) is 7.16. The molecule has 0 bridgehead atoms. The topological polar surface area (TPSA) is 91.3 Å². The van der Waals surface area contributed by atoms with Crippen LogP contribution in [0.1, 0.15) is 11.7 Å². The molecule has 0 aliphatic heterocycles. The number of amides is 2. The Hall–Kier alpha value is -2.73. The van der Waals surface area contributed by atoms with Crippen LogP contribution in [0.25, 0.3) is 0 Å². The molecule has 108 valence electrons. The summed E-state index contributed by atoms with van der Waals surface area (Å²) in [5.41, 5.74) is 1.15. The lowest BCUT2D eigenvalue weighted by Gasteiger charge is -2.12. The number of hydrogen-bond acceptors (Lipinski definition) is 4. The Morgan fingerprint density at radius 2 is 1.71 bits per heavy atom. The van der Waals surface area contributed by atoms with E-state index >= 15 is 0 Å². The van der Waals surface area contributed by atoms with Crippen LogP contribution in [0.3, 0.4) is 0 Å². The zero-order valence-electron chi connectivity index (χ0n) is 11.2. The monoisotopic (exact) mass is 285 g/mol. The van der Waals surface area contributed by atoms with Crippen molar-refractivity contribution in [2.75, 3.05) is 11.9 Å². The lowest BCUT2D eigenvalue weighted by Crippen LogP contribution is -2.37. The number of anilines is 1. The van der Waals surface area contributed by atoms with Crippen molar-refractivity contribution >= 4 is 17.5 Å². The Morgan fingerprint density at radius 1 is 1.05 bits per heavy atom. The van der Waals surface area contributed by atoms with E-state index in [9.17, 15) is 14.7 Å². The summed E-state index contributed by atoms with van der Waals surface area (Å²) in [6, 6.07) is 12.0. The summed E-state index contributed by atoms with van der Waals surface area (Å²) in [5, 5.41) is 14.7. The van der Waals surface area contributed by atoms with Crippen molar-refractivity contribution in [1.29, 1.82) is 0 Å². The maximum absolute atomic E-state index is 11.6. The van der Waals surface area contributed by atoms with Crippen molar-refractivity contribution in [2.24, 2.45) is 0 Å². The van der Waals surface area contributed by atoms with Gasteiger partial charge in [0.25, 0.3) is 0 Å². The highest BCUT2D eigenvalue weighted by atomic mass is 16.3. The Kier molecular flexibility index (Phi) is 5.00. The van der Waals surface area contributed by atoms with Crippen LogP contribution in [0, 0.1) is 0 Å². The van der Waals surface area contributed by atoms with Gasteiger partial charge < -0.3 is 15.7 Å². The fourth-order valence-corrected chi connectivity index (χ4v) is 1.69. The molecule has 1 aromatic heterocycles. The highest BCUT2D eigenvalue weighted by Gasteiger charge is 2.15. The minimum atomic E-state index is -0.858. The van der Waals surface area contributed by atoms with Crippen LogP contribution in [0.4, 0.5) is 5.69 Å². The summed E-state index contributed by atoms with van der Waals surface area (Å²) in [6.45, 7) is -0.0351. The highest BCUT2D eigenvalue weighted by molar-refractivity contribution is 6.39. The molecule has 1 heterocycles. The van der Waals surface area contributed by atoms with Gasteiger partial charge in [-0.3, -0.25) is 14.6 Å². The van der Waals surface area contributed by atoms with Gasteiger partial charge in [0.2, 0.25) is 0 Å². The third-order valence-corrected chi connectivity index (χ3v) is 2.78. The van der Waals surface area contributed by atoms with Crippen LogP contribution in [0.5, 0.6) is 0 Å². The van der Waals surface area contributed by atoms with Gasteiger partial charge in [-0.15, -0.1) is 0 Å². The molecule has 2 rings (SSSR count). The first-order valence-corrected chi connectivity index (χ1v) is 6.39. The predicted octanol–water partition coefficient (Wildman–Crippen LogP) is 0.870. The summed E-state index contributed by atoms with van der Waals surface area (Å²) >= 11 is 0. The highest BCUT2D eigenvalue weighted by Crippen LogP contribution is 2.10. The van der Waals surface area contributed by atoms with Gasteiger partial charge in [-0.1, -0.05) is 30.3 Å². The Labute approximate surface area is 121 Å². The number of carbonyl (C=O) groups is 2. The molecule has 0 aliphatic carbocycles. The van der Waals surface area contributed by atoms with Crippen molar-refractivity contribution < 1.29 is 14.7 Å². The lowest BCUT2D eigenvalue weighted by molar-refractivity contribution is -0.136. The predicted molar refractivity (Wildman–Crippen MR) is 77.3 cm³/mol. The van der Waals surface area contributed by atoms with Gasteiger partial charge in [0, 0.05) is 24.6 Å². The summed E-state index contributed by atoms with van der Waals surface area (Å²) < 4.78 is 0. The molecule has 2 amide bonds. The van der Waals surface area contributed by atoms with Crippen molar-refractivity contribution in [2.45, 2.75) is 6.10 Å². The van der Waals surface area contributed by atoms with E-state index in [0.29, 0.717) is 11.3 Å². The number of aromatic nitrogens is 1. The molecule has 6 heteroatoms. The normalized spacial score (nSPS) is 11.5. The summed E-state index contributed by atoms with van der Waals surface area (Å²) in [6.07, 6.45) is 2.16. The van der Waals surface area contributed by atoms with Gasteiger partial charge in [-0.25, -0.2) is 0 Å². The minimum Gasteiger partial charge on any atom is -0.387 e. The van der Waals surface area contributed by atoms with Gasteiger partial charge in [-0.05, 0) is 17.7 Å². The molecule has 0 saturated carbocycles. The molecule has 0 unspecified atom stereocenters. The molecular weight excluding hydrogens is 270 g/mol. The van der Waals surface area contributed by atoms with Gasteiger partial charge in [0.1, 0.15) is 0 Å². The number of nitrogens with zero attached hydrogens (tertiary/aromatic N) is 1. The van der Waals surface area contributed by atoms with Gasteiger partial charge >= 0.3 is 11.8 Å². The maximum Gasteiger partial charge on any atom is 0.313 e. The molecule has 2 aromatic rings. The van der Waals surface area contributed by atoms with Gasteiger partial charge in [-0.2, -0.15) is 0 Å². The van der Waals surface area contributed by atoms with Crippen molar-refractivity contribution in [3.8, 4) is 0 Å². The first-order valence-electron chi connectivity index (χ1n) is 6.39. The van der Waals surface area contributed by atoms with E-state index in [0.717, 1.165) is 0 Å². The van der Waals surface area contributed by atoms with E-state index in [1.165, 1.54) is 12.4 Å². The zero-order chi connectivity index (χ0) is 15.1. The van der Waals surface area contributed by atoms with Crippen LogP contribution in [0.15, 0.2) is 54.9 Å². The maximum atomic E-state index is 11.6. The third-order valence-electron chi connectivity index (χ3n) is 2.78. The van der Waals surface area contributed by atoms with E-state index in [2.05, 4.69) is 15.6 Å². The van der Waals surface area contributed by atoms with Gasteiger partial charge in [0.15, 0.2) is 0 Å². The molecule has 21 heavy (non-hydrogen) atoms.